The van der Waals surface area contributed by atoms with Crippen molar-refractivity contribution in [3.8, 4) is 0 Å². The third-order valence-corrected chi connectivity index (χ3v) is 3.61. The lowest BCUT2D eigenvalue weighted by atomic mass is 10.0. The van der Waals surface area contributed by atoms with Crippen LogP contribution < -0.4 is 0 Å². The van der Waals surface area contributed by atoms with Gasteiger partial charge in [-0.05, 0) is 22.0 Å². The number of benzene rings is 1. The Morgan fingerprint density at radius 1 is 1.30 bits per heavy atom. The highest BCUT2D eigenvalue weighted by Crippen LogP contribution is 2.30. The molecule has 2 aromatic heterocycles. The summed E-state index contributed by atoms with van der Waals surface area (Å²) in [6.45, 7) is 0. The van der Waals surface area contributed by atoms with E-state index in [2.05, 4.69) is 20.9 Å². The molecule has 0 unspecified atom stereocenters. The zero-order valence-electron chi connectivity index (χ0n) is 9.92. The minimum Gasteiger partial charge on any atom is -0.457 e. The predicted molar refractivity (Wildman–Crippen MR) is 74.8 cm³/mol. The fourth-order valence-electron chi connectivity index (χ4n) is 2.08. The molecule has 0 radical (unpaired) electrons. The highest BCUT2D eigenvalue weighted by Gasteiger charge is 2.21. The molecule has 0 amide bonds. The van der Waals surface area contributed by atoms with Crippen molar-refractivity contribution in [1.82, 2.24) is 4.98 Å². The number of ketones is 1. The largest absolute Gasteiger partial charge is 0.457 e. The fourth-order valence-corrected chi connectivity index (χ4v) is 2.50. The molecule has 0 aliphatic rings. The Morgan fingerprint density at radius 3 is 2.75 bits per heavy atom. The van der Waals surface area contributed by atoms with Crippen molar-refractivity contribution in [2.45, 2.75) is 0 Å². The number of aromatic amines is 1. The highest BCUT2D eigenvalue weighted by atomic mass is 79.9. The van der Waals surface area contributed by atoms with Crippen LogP contribution in [-0.4, -0.2) is 15.7 Å². The van der Waals surface area contributed by atoms with Gasteiger partial charge in [0, 0.05) is 23.2 Å². The average Bonchev–Trinajstić information content (AvgIpc) is 3.03. The van der Waals surface area contributed by atoms with Gasteiger partial charge < -0.3 is 9.40 Å². The summed E-state index contributed by atoms with van der Waals surface area (Å²) >= 11 is 3.15. The van der Waals surface area contributed by atoms with E-state index in [1.54, 1.807) is 18.2 Å². The van der Waals surface area contributed by atoms with Crippen LogP contribution in [0.4, 0.5) is 5.69 Å². The number of H-pyrrole nitrogens is 1. The third-order valence-electron chi connectivity index (χ3n) is 3.00. The van der Waals surface area contributed by atoms with E-state index in [1.807, 2.05) is 0 Å². The van der Waals surface area contributed by atoms with Gasteiger partial charge in [-0.2, -0.15) is 0 Å². The molecule has 0 saturated heterocycles. The summed E-state index contributed by atoms with van der Waals surface area (Å²) in [5.41, 5.74) is 1.01. The van der Waals surface area contributed by atoms with Crippen molar-refractivity contribution in [3.63, 3.8) is 0 Å². The maximum Gasteiger partial charge on any atom is 0.293 e. The lowest BCUT2D eigenvalue weighted by Gasteiger charge is -1.97. The molecule has 100 valence electrons. The number of fused-ring (bicyclic) bond motifs is 1. The first kappa shape index (κ1) is 12.6. The topological polar surface area (TPSA) is 89.1 Å². The monoisotopic (exact) mass is 334 g/mol. The van der Waals surface area contributed by atoms with Crippen molar-refractivity contribution in [3.05, 3.63) is 62.6 Å². The van der Waals surface area contributed by atoms with Crippen LogP contribution in [0.2, 0.25) is 0 Å². The third kappa shape index (κ3) is 1.83. The number of rotatable bonds is 3. The molecular formula is C13H7BrN2O4. The van der Waals surface area contributed by atoms with Gasteiger partial charge in [0.2, 0.25) is 0 Å². The van der Waals surface area contributed by atoms with E-state index in [9.17, 15) is 14.9 Å². The molecule has 20 heavy (non-hydrogen) atoms. The number of hydrogen-bond acceptors (Lipinski definition) is 4. The van der Waals surface area contributed by atoms with Crippen LogP contribution >= 0.6 is 15.9 Å². The van der Waals surface area contributed by atoms with Gasteiger partial charge in [0.05, 0.1) is 16.7 Å². The number of carbonyl (C=O) groups excluding carboxylic acids is 1. The fraction of sp³-hybridized carbons (Fsp3) is 0. The quantitative estimate of drug-likeness (QED) is 0.449. The number of para-hydroxylation sites is 1. The molecule has 0 aliphatic carbocycles. The number of aromatic nitrogens is 1. The van der Waals surface area contributed by atoms with Crippen LogP contribution in [0.15, 0.2) is 45.8 Å². The van der Waals surface area contributed by atoms with E-state index in [1.165, 1.54) is 18.5 Å². The van der Waals surface area contributed by atoms with Gasteiger partial charge >= 0.3 is 0 Å². The Balaban J connectivity index is 2.19. The molecular weight excluding hydrogens is 328 g/mol. The summed E-state index contributed by atoms with van der Waals surface area (Å²) in [5.74, 6) is -0.266. The molecule has 0 aliphatic heterocycles. The van der Waals surface area contributed by atoms with Gasteiger partial charge in [-0.1, -0.05) is 12.1 Å². The summed E-state index contributed by atoms with van der Waals surface area (Å²) in [7, 11) is 0. The van der Waals surface area contributed by atoms with E-state index >= 15 is 0 Å². The van der Waals surface area contributed by atoms with Gasteiger partial charge in [-0.15, -0.1) is 0 Å². The van der Waals surface area contributed by atoms with E-state index < -0.39 is 4.92 Å². The number of nitrogens with one attached hydrogen (secondary N) is 1. The van der Waals surface area contributed by atoms with E-state index in [0.717, 1.165) is 0 Å². The Hall–Kier alpha value is -2.41. The van der Waals surface area contributed by atoms with Crippen molar-refractivity contribution in [1.29, 1.82) is 0 Å². The summed E-state index contributed by atoms with van der Waals surface area (Å²) in [5, 5.41) is 11.5. The molecule has 0 bridgehead atoms. The van der Waals surface area contributed by atoms with E-state index in [4.69, 9.17) is 4.42 Å². The van der Waals surface area contributed by atoms with Gasteiger partial charge in [0.1, 0.15) is 5.52 Å². The number of nitro groups is 1. The molecule has 0 spiro atoms. The lowest BCUT2D eigenvalue weighted by molar-refractivity contribution is -0.383. The van der Waals surface area contributed by atoms with Gasteiger partial charge in [0.25, 0.3) is 5.69 Å². The number of nitro benzene ring substituents is 1. The first-order valence-corrected chi connectivity index (χ1v) is 6.41. The molecule has 2 heterocycles. The second-order valence-corrected chi connectivity index (χ2v) is 4.82. The van der Waals surface area contributed by atoms with Crippen LogP contribution in [-0.2, 0) is 0 Å². The first-order valence-electron chi connectivity index (χ1n) is 5.62. The van der Waals surface area contributed by atoms with Crippen molar-refractivity contribution < 1.29 is 14.1 Å². The number of hydrogen-bond donors (Lipinski definition) is 1. The summed E-state index contributed by atoms with van der Waals surface area (Å²) in [6.07, 6.45) is 2.87. The summed E-state index contributed by atoms with van der Waals surface area (Å²) in [4.78, 5) is 25.7. The average molecular weight is 335 g/mol. The van der Waals surface area contributed by atoms with E-state index in [-0.39, 0.29) is 11.5 Å². The number of non-ortho nitro benzene ring substituents is 1. The van der Waals surface area contributed by atoms with Crippen molar-refractivity contribution in [2.24, 2.45) is 0 Å². The van der Waals surface area contributed by atoms with Gasteiger partial charge in [-0.3, -0.25) is 14.9 Å². The second kappa shape index (κ2) is 4.61. The van der Waals surface area contributed by atoms with E-state index in [0.29, 0.717) is 26.7 Å². The maximum atomic E-state index is 12.4. The lowest BCUT2D eigenvalue weighted by Crippen LogP contribution is -1.99. The summed E-state index contributed by atoms with van der Waals surface area (Å²) in [6, 6.07) is 6.15. The van der Waals surface area contributed by atoms with Gasteiger partial charge in [-0.25, -0.2) is 0 Å². The molecule has 3 rings (SSSR count). The number of halogens is 1. The van der Waals surface area contributed by atoms with Crippen LogP contribution in [0.25, 0.3) is 10.9 Å². The SMILES string of the molecule is O=C(c1ccoc1Br)c1c[nH]c2c([N+](=O)[O-])cccc12. The minimum atomic E-state index is -0.485. The van der Waals surface area contributed by atoms with Gasteiger partial charge in [0.15, 0.2) is 10.5 Å². The van der Waals surface area contributed by atoms with Crippen LogP contribution in [0, 0.1) is 10.1 Å². The molecule has 1 N–H and O–H groups in total. The molecule has 0 saturated carbocycles. The molecule has 6 nitrogen and oxygen atoms in total. The number of nitrogens with zero attached hydrogens (tertiary/aromatic N) is 1. The highest BCUT2D eigenvalue weighted by molar-refractivity contribution is 9.10. The van der Waals surface area contributed by atoms with Crippen LogP contribution in [0.5, 0.6) is 0 Å². The maximum absolute atomic E-state index is 12.4. The zero-order valence-corrected chi connectivity index (χ0v) is 11.5. The van der Waals surface area contributed by atoms with Crippen molar-refractivity contribution >= 4 is 38.3 Å². The molecule has 7 heteroatoms. The van der Waals surface area contributed by atoms with Crippen LogP contribution in [0.3, 0.4) is 0 Å². The molecule has 0 fully saturated rings. The number of furan rings is 1. The Kier molecular flexibility index (Phi) is 2.90. The predicted octanol–water partition coefficient (Wildman–Crippen LogP) is 3.66. The zero-order chi connectivity index (χ0) is 14.3. The van der Waals surface area contributed by atoms with Crippen LogP contribution in [0.1, 0.15) is 15.9 Å². The summed E-state index contributed by atoms with van der Waals surface area (Å²) < 4.78 is 5.37. The normalized spacial score (nSPS) is 10.8. The smallest absolute Gasteiger partial charge is 0.293 e. The number of carbonyl (C=O) groups is 1. The Labute approximate surface area is 120 Å². The minimum absolute atomic E-state index is 0.0622. The van der Waals surface area contributed by atoms with Crippen molar-refractivity contribution in [2.75, 3.05) is 0 Å². The molecule has 0 atom stereocenters. The first-order chi connectivity index (χ1) is 9.59. The second-order valence-electron chi connectivity index (χ2n) is 4.10. The Morgan fingerprint density at radius 2 is 2.10 bits per heavy atom. The molecule has 1 aromatic carbocycles. The Bertz CT molecular complexity index is 834. The standard InChI is InChI=1S/C13H7BrN2O4/c14-13-8(4-5-20-13)12(17)9-6-15-11-7(9)2-1-3-10(11)16(18)19/h1-6,15H. The molecule has 3 aromatic rings.